The molecule has 1 N–H and O–H groups in total. The Bertz CT molecular complexity index is 1260. The lowest BCUT2D eigenvalue weighted by atomic mass is 10.2. The Balaban J connectivity index is 1.43. The van der Waals surface area contributed by atoms with Crippen LogP contribution in [0, 0.1) is 6.92 Å². The van der Waals surface area contributed by atoms with Crippen LogP contribution in [0.4, 0.5) is 5.13 Å². The predicted octanol–water partition coefficient (Wildman–Crippen LogP) is 6.59. The van der Waals surface area contributed by atoms with Gasteiger partial charge in [-0.05, 0) is 45.0 Å². The number of rotatable bonds is 7. The molecule has 0 aliphatic heterocycles. The van der Waals surface area contributed by atoms with Crippen molar-refractivity contribution in [3.05, 3.63) is 51.7 Å². The fourth-order valence-corrected chi connectivity index (χ4v) is 5.18. The summed E-state index contributed by atoms with van der Waals surface area (Å²) in [5, 5.41) is 15.5. The second kappa shape index (κ2) is 9.66. The maximum atomic E-state index is 12.5. The third-order valence-corrected chi connectivity index (χ3v) is 6.82. The van der Waals surface area contributed by atoms with Gasteiger partial charge >= 0.3 is 0 Å². The number of aryl methyl sites for hydroxylation is 1. The van der Waals surface area contributed by atoms with Crippen molar-refractivity contribution in [1.29, 1.82) is 0 Å². The molecule has 4 rings (SSSR count). The number of nitrogens with zero attached hydrogens (tertiary/aromatic N) is 4. The number of hydrogen-bond acceptors (Lipinski definition) is 7. The quantitative estimate of drug-likeness (QED) is 0.284. The van der Waals surface area contributed by atoms with Gasteiger partial charge in [0.15, 0.2) is 16.1 Å². The summed E-state index contributed by atoms with van der Waals surface area (Å²) in [5.74, 6) is 1.48. The summed E-state index contributed by atoms with van der Waals surface area (Å²) >= 11 is 14.9. The molecule has 3 heterocycles. The summed E-state index contributed by atoms with van der Waals surface area (Å²) < 4.78 is 7.40. The van der Waals surface area contributed by atoms with Crippen LogP contribution in [-0.2, 0) is 4.79 Å². The number of carbonyl (C=O) groups excluding carboxylic acids is 1. The highest BCUT2D eigenvalue weighted by Gasteiger charge is 2.20. The number of benzene rings is 1. The maximum Gasteiger partial charge on any atom is 0.236 e. The van der Waals surface area contributed by atoms with Gasteiger partial charge in [-0.2, -0.15) is 0 Å². The number of thiazole rings is 1. The van der Waals surface area contributed by atoms with Gasteiger partial charge in [-0.1, -0.05) is 35.0 Å². The highest BCUT2D eigenvalue weighted by molar-refractivity contribution is 7.99. The molecule has 11 heteroatoms. The molecule has 0 atom stereocenters. The number of hydrogen-bond donors (Lipinski definition) is 1. The van der Waals surface area contributed by atoms with Crippen molar-refractivity contribution >= 4 is 57.3 Å². The number of thioether (sulfide) groups is 1. The van der Waals surface area contributed by atoms with Crippen LogP contribution in [0.2, 0.25) is 10.0 Å². The fourth-order valence-electron chi connectivity index (χ4n) is 3.08. The monoisotopic (exact) mass is 507 g/mol. The zero-order valence-corrected chi connectivity index (χ0v) is 20.6. The van der Waals surface area contributed by atoms with E-state index in [2.05, 4.69) is 20.5 Å². The lowest BCUT2D eigenvalue weighted by molar-refractivity contribution is -0.113. The first kappa shape index (κ1) is 22.8. The van der Waals surface area contributed by atoms with E-state index in [1.54, 1.807) is 24.5 Å². The summed E-state index contributed by atoms with van der Waals surface area (Å²) in [6, 6.07) is 7.20. The summed E-state index contributed by atoms with van der Waals surface area (Å²) in [5.41, 5.74) is 2.33. The molecule has 0 bridgehead atoms. The topological polar surface area (TPSA) is 85.8 Å². The van der Waals surface area contributed by atoms with Crippen LogP contribution in [0.3, 0.4) is 0 Å². The van der Waals surface area contributed by atoms with Gasteiger partial charge in [0, 0.05) is 22.0 Å². The molecule has 0 saturated heterocycles. The van der Waals surface area contributed by atoms with Crippen molar-refractivity contribution in [2.75, 3.05) is 11.1 Å². The van der Waals surface area contributed by atoms with Gasteiger partial charge in [0.2, 0.25) is 5.91 Å². The highest BCUT2D eigenvalue weighted by Crippen LogP contribution is 2.33. The summed E-state index contributed by atoms with van der Waals surface area (Å²) in [6.45, 7) is 5.98. The molecule has 1 aromatic carbocycles. The maximum absolute atomic E-state index is 12.5. The second-order valence-corrected chi connectivity index (χ2v) is 9.80. The third kappa shape index (κ3) is 4.85. The zero-order chi connectivity index (χ0) is 22.8. The highest BCUT2D eigenvalue weighted by atomic mass is 35.5. The molecule has 1 amide bonds. The molecule has 3 aromatic heterocycles. The van der Waals surface area contributed by atoms with Crippen molar-refractivity contribution in [3.63, 3.8) is 0 Å². The van der Waals surface area contributed by atoms with Crippen LogP contribution in [0.1, 0.15) is 25.6 Å². The minimum absolute atomic E-state index is 0.116. The van der Waals surface area contributed by atoms with Crippen LogP contribution in [0.5, 0.6) is 0 Å². The van der Waals surface area contributed by atoms with Gasteiger partial charge < -0.3 is 9.73 Å². The minimum atomic E-state index is -0.183. The van der Waals surface area contributed by atoms with E-state index in [1.807, 2.05) is 36.8 Å². The van der Waals surface area contributed by atoms with E-state index in [0.717, 1.165) is 22.7 Å². The Morgan fingerprint density at radius 3 is 2.75 bits per heavy atom. The molecular weight excluding hydrogens is 489 g/mol. The normalized spacial score (nSPS) is 11.3. The Hall–Kier alpha value is -2.33. The van der Waals surface area contributed by atoms with Gasteiger partial charge in [-0.3, -0.25) is 9.36 Å². The summed E-state index contributed by atoms with van der Waals surface area (Å²) in [6.07, 6.45) is 1.63. The van der Waals surface area contributed by atoms with E-state index < -0.39 is 0 Å². The van der Waals surface area contributed by atoms with Crippen molar-refractivity contribution in [1.82, 2.24) is 19.7 Å². The van der Waals surface area contributed by atoms with Gasteiger partial charge in [-0.25, -0.2) is 4.98 Å². The standard InChI is InChI=1S/C21H19Cl2N5O2S2/c1-11(2)28-19(14-6-7-30-12(14)3)26-27-21(28)32-10-18(29)25-20-24-17(9-31-20)15-5-4-13(22)8-16(15)23/h4-9,11H,10H2,1-3H3,(H,24,25,29). The number of nitrogens with one attached hydrogen (secondary N) is 1. The molecule has 32 heavy (non-hydrogen) atoms. The van der Waals surface area contributed by atoms with Crippen molar-refractivity contribution < 1.29 is 9.21 Å². The van der Waals surface area contributed by atoms with E-state index in [-0.39, 0.29) is 17.7 Å². The number of furan rings is 1. The van der Waals surface area contributed by atoms with Crippen LogP contribution >= 0.6 is 46.3 Å². The number of amides is 1. The van der Waals surface area contributed by atoms with Crippen molar-refractivity contribution in [2.45, 2.75) is 32.0 Å². The lowest BCUT2D eigenvalue weighted by Gasteiger charge is -2.13. The minimum Gasteiger partial charge on any atom is -0.469 e. The predicted molar refractivity (Wildman–Crippen MR) is 130 cm³/mol. The molecule has 0 saturated carbocycles. The number of carbonyl (C=O) groups is 1. The van der Waals surface area contributed by atoms with Gasteiger partial charge in [0.25, 0.3) is 0 Å². The smallest absolute Gasteiger partial charge is 0.236 e. The molecular formula is C21H19Cl2N5O2S2. The molecule has 166 valence electrons. The Labute approximate surface area is 203 Å². The van der Waals surface area contributed by atoms with Gasteiger partial charge in [0.1, 0.15) is 5.76 Å². The summed E-state index contributed by atoms with van der Waals surface area (Å²) in [7, 11) is 0. The Morgan fingerprint density at radius 2 is 2.06 bits per heavy atom. The second-order valence-electron chi connectivity index (χ2n) is 7.16. The van der Waals surface area contributed by atoms with E-state index in [0.29, 0.717) is 26.0 Å². The SMILES string of the molecule is Cc1occc1-c1nnc(SCC(=O)Nc2nc(-c3ccc(Cl)cc3Cl)cs2)n1C(C)C. The molecule has 0 spiro atoms. The molecule has 4 aromatic rings. The zero-order valence-electron chi connectivity index (χ0n) is 17.4. The molecule has 0 aliphatic carbocycles. The molecule has 7 nitrogen and oxygen atoms in total. The van der Waals surface area contributed by atoms with E-state index in [4.69, 9.17) is 27.6 Å². The van der Waals surface area contributed by atoms with Crippen molar-refractivity contribution in [3.8, 4) is 22.6 Å². The van der Waals surface area contributed by atoms with Crippen LogP contribution in [-0.4, -0.2) is 31.4 Å². The van der Waals surface area contributed by atoms with E-state index in [1.165, 1.54) is 23.1 Å². The van der Waals surface area contributed by atoms with Crippen molar-refractivity contribution in [2.24, 2.45) is 0 Å². The van der Waals surface area contributed by atoms with Crippen LogP contribution in [0.25, 0.3) is 22.6 Å². The molecule has 0 aliphatic rings. The first-order valence-corrected chi connectivity index (χ1v) is 12.3. The number of halogens is 2. The Kier molecular flexibility index (Phi) is 6.90. The van der Waals surface area contributed by atoms with Gasteiger partial charge in [0.05, 0.1) is 28.3 Å². The number of aromatic nitrogens is 4. The van der Waals surface area contributed by atoms with E-state index >= 15 is 0 Å². The molecule has 0 radical (unpaired) electrons. The van der Waals surface area contributed by atoms with Gasteiger partial charge in [-0.15, -0.1) is 21.5 Å². The average molecular weight is 508 g/mol. The lowest BCUT2D eigenvalue weighted by Crippen LogP contribution is -2.15. The molecule has 0 fully saturated rings. The van der Waals surface area contributed by atoms with E-state index in [9.17, 15) is 4.79 Å². The number of anilines is 1. The Morgan fingerprint density at radius 1 is 1.25 bits per heavy atom. The first-order valence-electron chi connectivity index (χ1n) is 9.66. The van der Waals surface area contributed by atoms with Crippen LogP contribution in [0.15, 0.2) is 45.5 Å². The summed E-state index contributed by atoms with van der Waals surface area (Å²) in [4.78, 5) is 17.0. The van der Waals surface area contributed by atoms with Crippen LogP contribution < -0.4 is 5.32 Å². The molecule has 0 unspecified atom stereocenters. The fraction of sp³-hybridized carbons (Fsp3) is 0.238. The average Bonchev–Trinajstić information content (AvgIpc) is 3.46. The largest absolute Gasteiger partial charge is 0.469 e. The third-order valence-electron chi connectivity index (χ3n) is 4.57. The first-order chi connectivity index (χ1) is 15.3.